The zero-order valence-corrected chi connectivity index (χ0v) is 9.70. The molecule has 0 aliphatic carbocycles. The molecule has 1 aliphatic rings. The number of imidazole rings is 1. The van der Waals surface area contributed by atoms with Gasteiger partial charge in [0, 0.05) is 0 Å². The lowest BCUT2D eigenvalue weighted by Crippen LogP contribution is -2.31. The van der Waals surface area contributed by atoms with Gasteiger partial charge in [-0.25, -0.2) is 23.7 Å². The summed E-state index contributed by atoms with van der Waals surface area (Å²) < 4.78 is 33.6. The summed E-state index contributed by atoms with van der Waals surface area (Å²) in [6.07, 6.45) is -0.448. The lowest BCUT2D eigenvalue weighted by Gasteiger charge is -2.14. The molecule has 102 valence electrons. The molecule has 19 heavy (non-hydrogen) atoms. The number of nitrogens with two attached hydrogens (primary N) is 1. The maximum absolute atomic E-state index is 13.6. The highest BCUT2D eigenvalue weighted by molar-refractivity contribution is 5.81. The fourth-order valence-corrected chi connectivity index (χ4v) is 2.12. The minimum Gasteiger partial charge on any atom is -0.393 e. The van der Waals surface area contributed by atoms with Crippen LogP contribution >= 0.6 is 0 Å². The molecule has 3 N–H and O–H groups in total. The quantitative estimate of drug-likeness (QED) is 0.816. The second-order valence-corrected chi connectivity index (χ2v) is 4.31. The first-order valence-electron chi connectivity index (χ1n) is 5.60. The van der Waals surface area contributed by atoms with Crippen molar-refractivity contribution in [1.82, 2.24) is 19.5 Å². The molecule has 2 aromatic heterocycles. The number of aliphatic hydroxyl groups is 1. The molecule has 3 heterocycles. The van der Waals surface area contributed by atoms with Gasteiger partial charge in [0.25, 0.3) is 5.92 Å². The van der Waals surface area contributed by atoms with Gasteiger partial charge in [-0.1, -0.05) is 0 Å². The number of rotatable bonds is 2. The van der Waals surface area contributed by atoms with E-state index in [1.807, 2.05) is 0 Å². The molecule has 0 unspecified atom stereocenters. The summed E-state index contributed by atoms with van der Waals surface area (Å²) in [5.74, 6) is -2.92. The summed E-state index contributed by atoms with van der Waals surface area (Å²) in [4.78, 5) is 11.7. The summed E-state index contributed by atoms with van der Waals surface area (Å²) in [6.45, 7) is -0.743. The second kappa shape index (κ2) is 4.07. The predicted molar refractivity (Wildman–Crippen MR) is 60.3 cm³/mol. The van der Waals surface area contributed by atoms with Gasteiger partial charge < -0.3 is 15.6 Å². The van der Waals surface area contributed by atoms with Gasteiger partial charge in [-0.3, -0.25) is 4.57 Å². The van der Waals surface area contributed by atoms with Gasteiger partial charge in [0.05, 0.1) is 19.4 Å². The average molecular weight is 271 g/mol. The first kappa shape index (κ1) is 12.2. The van der Waals surface area contributed by atoms with Crippen LogP contribution in [-0.4, -0.2) is 43.3 Å². The molecule has 1 aliphatic heterocycles. The van der Waals surface area contributed by atoms with Crippen LogP contribution in [-0.2, 0) is 4.74 Å². The Hall–Kier alpha value is -1.87. The number of hydrogen-bond donors (Lipinski definition) is 2. The Bertz CT molecular complexity index is 617. The Kier molecular flexibility index (Phi) is 2.61. The Morgan fingerprint density at radius 1 is 1.47 bits per heavy atom. The topological polar surface area (TPSA) is 99.1 Å². The van der Waals surface area contributed by atoms with E-state index >= 15 is 0 Å². The van der Waals surface area contributed by atoms with E-state index in [0.717, 1.165) is 0 Å². The molecule has 0 spiro atoms. The summed E-state index contributed by atoms with van der Waals surface area (Å²) in [5, 5.41) is 8.90. The van der Waals surface area contributed by atoms with Crippen molar-refractivity contribution in [3.63, 3.8) is 0 Å². The van der Waals surface area contributed by atoms with E-state index in [0.29, 0.717) is 11.2 Å². The van der Waals surface area contributed by atoms with E-state index in [1.54, 1.807) is 0 Å². The van der Waals surface area contributed by atoms with Gasteiger partial charge >= 0.3 is 0 Å². The van der Waals surface area contributed by atoms with Crippen LogP contribution in [0.1, 0.15) is 12.6 Å². The molecule has 0 radical (unpaired) electrons. The molecule has 0 bridgehead atoms. The van der Waals surface area contributed by atoms with Crippen LogP contribution in [0.3, 0.4) is 0 Å². The molecule has 2 atom stereocenters. The van der Waals surface area contributed by atoms with E-state index < -0.39 is 31.3 Å². The van der Waals surface area contributed by atoms with E-state index in [2.05, 4.69) is 15.0 Å². The summed E-state index contributed by atoms with van der Waals surface area (Å²) in [5.41, 5.74) is 6.28. The number of alkyl halides is 2. The smallest absolute Gasteiger partial charge is 0.280 e. The molecule has 2 aromatic rings. The monoisotopic (exact) mass is 271 g/mol. The van der Waals surface area contributed by atoms with Crippen LogP contribution < -0.4 is 5.73 Å². The molecule has 9 heteroatoms. The van der Waals surface area contributed by atoms with Gasteiger partial charge in [0.2, 0.25) is 0 Å². The normalized spacial score (nSPS) is 26.1. The first-order valence-corrected chi connectivity index (χ1v) is 5.60. The summed E-state index contributed by atoms with van der Waals surface area (Å²) in [6, 6.07) is 0. The Balaban J connectivity index is 2.00. The molecule has 3 rings (SSSR count). The molecule has 7 nitrogen and oxygen atoms in total. The minimum atomic E-state index is -3.09. The van der Waals surface area contributed by atoms with E-state index in [9.17, 15) is 8.78 Å². The number of anilines is 1. The number of hydrogen-bond acceptors (Lipinski definition) is 6. The van der Waals surface area contributed by atoms with Crippen molar-refractivity contribution >= 4 is 17.0 Å². The van der Waals surface area contributed by atoms with Crippen LogP contribution in [0, 0.1) is 0 Å². The lowest BCUT2D eigenvalue weighted by atomic mass is 10.2. The maximum atomic E-state index is 13.6. The van der Waals surface area contributed by atoms with Crippen molar-refractivity contribution in [2.24, 2.45) is 0 Å². The van der Waals surface area contributed by atoms with Crippen molar-refractivity contribution in [3.8, 4) is 0 Å². The third-order valence-electron chi connectivity index (χ3n) is 3.10. The highest BCUT2D eigenvalue weighted by Crippen LogP contribution is 2.41. The zero-order chi connectivity index (χ0) is 13.6. The fourth-order valence-electron chi connectivity index (χ4n) is 2.12. The van der Waals surface area contributed by atoms with Crippen molar-refractivity contribution in [2.75, 3.05) is 12.3 Å². The molecule has 0 saturated carbocycles. The predicted octanol–water partition coefficient (Wildman–Crippen LogP) is 0.324. The molecular formula is C10H11F2N5O2. The van der Waals surface area contributed by atoms with Crippen LogP contribution in [0.2, 0.25) is 0 Å². The van der Waals surface area contributed by atoms with Crippen LogP contribution in [0.4, 0.5) is 14.6 Å². The Labute approximate surface area is 106 Å². The van der Waals surface area contributed by atoms with Gasteiger partial charge in [-0.05, 0) is 0 Å². The number of nitrogens with zero attached hydrogens (tertiary/aromatic N) is 4. The highest BCUT2D eigenvalue weighted by Gasteiger charge is 2.50. The minimum absolute atomic E-state index is 0.173. The summed E-state index contributed by atoms with van der Waals surface area (Å²) in [7, 11) is 0. The van der Waals surface area contributed by atoms with Crippen LogP contribution in [0.25, 0.3) is 11.2 Å². The standard InChI is InChI=1S/C10H11F2N5O2/c11-10(12)1-6(19-5(10)2-18)17-4-16-7-8(13)14-3-15-9(7)17/h3-6,18H,1-2H2,(H2,13,14,15)/t5-,6+/m0/s1. The summed E-state index contributed by atoms with van der Waals surface area (Å²) >= 11 is 0. The first-order chi connectivity index (χ1) is 9.03. The van der Waals surface area contributed by atoms with Crippen molar-refractivity contribution < 1.29 is 18.6 Å². The number of halogens is 2. The number of ether oxygens (including phenoxy) is 1. The highest BCUT2D eigenvalue weighted by atomic mass is 19.3. The number of aliphatic hydroxyl groups excluding tert-OH is 1. The number of fused-ring (bicyclic) bond motifs is 1. The second-order valence-electron chi connectivity index (χ2n) is 4.31. The number of nitrogen functional groups attached to an aromatic ring is 1. The van der Waals surface area contributed by atoms with E-state index in [4.69, 9.17) is 15.6 Å². The largest absolute Gasteiger partial charge is 0.393 e. The molecule has 0 amide bonds. The van der Waals surface area contributed by atoms with Gasteiger partial charge in [-0.2, -0.15) is 0 Å². The van der Waals surface area contributed by atoms with Crippen LogP contribution in [0.5, 0.6) is 0 Å². The third-order valence-corrected chi connectivity index (χ3v) is 3.10. The fraction of sp³-hybridized carbons (Fsp3) is 0.500. The van der Waals surface area contributed by atoms with Crippen molar-refractivity contribution in [2.45, 2.75) is 24.7 Å². The molecule has 1 saturated heterocycles. The van der Waals surface area contributed by atoms with E-state index in [-0.39, 0.29) is 5.82 Å². The van der Waals surface area contributed by atoms with Gasteiger partial charge in [0.1, 0.15) is 24.2 Å². The average Bonchev–Trinajstić information content (AvgIpc) is 2.90. The van der Waals surface area contributed by atoms with Gasteiger partial charge in [0.15, 0.2) is 11.5 Å². The van der Waals surface area contributed by atoms with Crippen molar-refractivity contribution in [1.29, 1.82) is 0 Å². The van der Waals surface area contributed by atoms with Gasteiger partial charge in [-0.15, -0.1) is 0 Å². The number of aromatic nitrogens is 4. The lowest BCUT2D eigenvalue weighted by molar-refractivity contribution is -0.101. The molecule has 0 aromatic carbocycles. The third kappa shape index (κ3) is 1.81. The van der Waals surface area contributed by atoms with E-state index in [1.165, 1.54) is 17.2 Å². The SMILES string of the molecule is Nc1ncnc2c1ncn2[C@H]1CC(F)(F)[C@H](CO)O1. The molecular weight excluding hydrogens is 260 g/mol. The Morgan fingerprint density at radius 2 is 2.26 bits per heavy atom. The molecule has 1 fully saturated rings. The Morgan fingerprint density at radius 3 is 2.95 bits per heavy atom. The zero-order valence-electron chi connectivity index (χ0n) is 9.70. The van der Waals surface area contributed by atoms with Crippen molar-refractivity contribution in [3.05, 3.63) is 12.7 Å². The van der Waals surface area contributed by atoms with Crippen LogP contribution in [0.15, 0.2) is 12.7 Å². The maximum Gasteiger partial charge on any atom is 0.280 e.